The number of amides is 3. The highest BCUT2D eigenvalue weighted by molar-refractivity contribution is 8.01. The minimum atomic E-state index is -0.635. The molecule has 3 atom stereocenters. The molecule has 8 heteroatoms. The van der Waals surface area contributed by atoms with Crippen molar-refractivity contribution in [1.82, 2.24) is 20.0 Å². The van der Waals surface area contributed by atoms with Gasteiger partial charge >= 0.3 is 0 Å². The molecule has 0 unspecified atom stereocenters. The van der Waals surface area contributed by atoms with Gasteiger partial charge in [0.05, 0.1) is 0 Å². The summed E-state index contributed by atoms with van der Waals surface area (Å²) in [4.78, 5) is 45.7. The van der Waals surface area contributed by atoms with Gasteiger partial charge in [-0.3, -0.25) is 14.4 Å². The number of nitrogens with one attached hydrogen (secondary N) is 1. The van der Waals surface area contributed by atoms with Gasteiger partial charge in [-0.1, -0.05) is 32.0 Å². The molecule has 0 spiro atoms. The minimum absolute atomic E-state index is 0.0347. The third-order valence-corrected chi connectivity index (χ3v) is 8.13. The van der Waals surface area contributed by atoms with E-state index in [1.165, 1.54) is 0 Å². The van der Waals surface area contributed by atoms with Crippen LogP contribution in [0.15, 0.2) is 24.3 Å². The minimum Gasteiger partial charge on any atom is -0.342 e. The van der Waals surface area contributed by atoms with E-state index in [4.69, 9.17) is 0 Å². The summed E-state index contributed by atoms with van der Waals surface area (Å²) in [6.07, 6.45) is 0. The number of hydrogen-bond acceptors (Lipinski definition) is 5. The number of carbonyl (C=O) groups is 3. The number of fused-ring (bicyclic) bond motifs is 3. The van der Waals surface area contributed by atoms with Gasteiger partial charge in [-0.05, 0) is 38.4 Å². The Morgan fingerprint density at radius 2 is 1.77 bits per heavy atom. The molecule has 0 bridgehead atoms. The van der Waals surface area contributed by atoms with Crippen LogP contribution in [0, 0.1) is 5.92 Å². The van der Waals surface area contributed by atoms with Gasteiger partial charge in [0.15, 0.2) is 0 Å². The van der Waals surface area contributed by atoms with Crippen LogP contribution in [0.2, 0.25) is 0 Å². The van der Waals surface area contributed by atoms with Crippen molar-refractivity contribution in [3.63, 3.8) is 0 Å². The molecule has 0 saturated carbocycles. The van der Waals surface area contributed by atoms with Crippen molar-refractivity contribution < 1.29 is 14.4 Å². The largest absolute Gasteiger partial charge is 0.342 e. The Balaban J connectivity index is 1.55. The summed E-state index contributed by atoms with van der Waals surface area (Å²) >= 11 is 1.64. The molecule has 3 aliphatic heterocycles. The van der Waals surface area contributed by atoms with E-state index in [0.29, 0.717) is 18.7 Å². The number of carbonyl (C=O) groups excluding carboxylic acids is 3. The lowest BCUT2D eigenvalue weighted by Crippen LogP contribution is -2.60. The van der Waals surface area contributed by atoms with E-state index in [-0.39, 0.29) is 29.0 Å². The van der Waals surface area contributed by atoms with Crippen molar-refractivity contribution in [2.45, 2.75) is 49.9 Å². The van der Waals surface area contributed by atoms with Crippen LogP contribution < -0.4 is 5.32 Å². The van der Waals surface area contributed by atoms with Crippen molar-refractivity contribution in [3.05, 3.63) is 35.4 Å². The SMILES string of the molecule is CC(C)[C@H](NC(=O)[C@H]1N2C(=O)c3ccccc3[C@@H]2SC1(C)C)C(=O)N1CCN(C)CC1. The molecular weight excluding hydrogens is 412 g/mol. The molecule has 0 aromatic heterocycles. The number of benzene rings is 1. The van der Waals surface area contributed by atoms with Crippen LogP contribution in [-0.2, 0) is 9.59 Å². The number of thioether (sulfide) groups is 1. The third-order valence-electron chi connectivity index (χ3n) is 6.59. The molecule has 3 amide bonds. The summed E-state index contributed by atoms with van der Waals surface area (Å²) in [5.74, 6) is -0.435. The van der Waals surface area contributed by atoms with Crippen LogP contribution in [0.25, 0.3) is 0 Å². The van der Waals surface area contributed by atoms with E-state index >= 15 is 0 Å². The number of nitrogens with zero attached hydrogens (tertiary/aromatic N) is 3. The maximum Gasteiger partial charge on any atom is 0.256 e. The molecule has 1 N–H and O–H groups in total. The summed E-state index contributed by atoms with van der Waals surface area (Å²) in [6.45, 7) is 10.9. The van der Waals surface area contributed by atoms with Gasteiger partial charge in [0.1, 0.15) is 17.5 Å². The van der Waals surface area contributed by atoms with Crippen molar-refractivity contribution in [1.29, 1.82) is 0 Å². The van der Waals surface area contributed by atoms with Gasteiger partial charge in [0, 0.05) is 36.5 Å². The average molecular weight is 445 g/mol. The Hall–Kier alpha value is -2.06. The summed E-state index contributed by atoms with van der Waals surface area (Å²) < 4.78 is -0.462. The second kappa shape index (κ2) is 8.13. The molecule has 4 rings (SSSR count). The molecule has 0 aliphatic carbocycles. The maximum atomic E-state index is 13.6. The maximum absolute atomic E-state index is 13.6. The quantitative estimate of drug-likeness (QED) is 0.769. The highest BCUT2D eigenvalue weighted by atomic mass is 32.2. The van der Waals surface area contributed by atoms with Crippen LogP contribution in [0.5, 0.6) is 0 Å². The van der Waals surface area contributed by atoms with Crippen molar-refractivity contribution in [2.75, 3.05) is 33.2 Å². The monoisotopic (exact) mass is 444 g/mol. The predicted molar refractivity (Wildman–Crippen MR) is 122 cm³/mol. The Bertz CT molecular complexity index is 895. The van der Waals surface area contributed by atoms with Gasteiger partial charge in [-0.2, -0.15) is 0 Å². The summed E-state index contributed by atoms with van der Waals surface area (Å²) in [5, 5.41) is 2.86. The van der Waals surface area contributed by atoms with Gasteiger partial charge in [-0.25, -0.2) is 0 Å². The molecule has 1 aromatic rings. The second-order valence-corrected chi connectivity index (χ2v) is 11.4. The van der Waals surface area contributed by atoms with Crippen molar-refractivity contribution in [3.8, 4) is 0 Å². The predicted octanol–water partition coefficient (Wildman–Crippen LogP) is 1.95. The van der Waals surface area contributed by atoms with Gasteiger partial charge in [0.2, 0.25) is 11.8 Å². The zero-order chi connectivity index (χ0) is 22.5. The first-order valence-corrected chi connectivity index (χ1v) is 11.9. The van der Waals surface area contributed by atoms with Crippen LogP contribution in [0.1, 0.15) is 49.0 Å². The first-order chi connectivity index (χ1) is 14.6. The van der Waals surface area contributed by atoms with Gasteiger partial charge < -0.3 is 20.0 Å². The van der Waals surface area contributed by atoms with Crippen LogP contribution >= 0.6 is 11.8 Å². The Morgan fingerprint density at radius 1 is 1.13 bits per heavy atom. The molecule has 168 valence electrons. The Morgan fingerprint density at radius 3 is 2.42 bits per heavy atom. The fourth-order valence-corrected chi connectivity index (χ4v) is 6.36. The molecule has 2 saturated heterocycles. The topological polar surface area (TPSA) is 73.0 Å². The highest BCUT2D eigenvalue weighted by Gasteiger charge is 2.57. The Kier molecular flexibility index (Phi) is 5.81. The van der Waals surface area contributed by atoms with E-state index < -0.39 is 16.8 Å². The van der Waals surface area contributed by atoms with Gasteiger partial charge in [-0.15, -0.1) is 11.8 Å². The summed E-state index contributed by atoms with van der Waals surface area (Å²) in [7, 11) is 2.05. The lowest BCUT2D eigenvalue weighted by molar-refractivity contribution is -0.140. The van der Waals surface area contributed by atoms with Crippen LogP contribution in [0.4, 0.5) is 0 Å². The first kappa shape index (κ1) is 22.1. The van der Waals surface area contributed by atoms with E-state index in [2.05, 4.69) is 10.2 Å². The second-order valence-electron chi connectivity index (χ2n) is 9.63. The number of hydrogen-bond donors (Lipinski definition) is 1. The molecule has 0 radical (unpaired) electrons. The molecule has 1 aromatic carbocycles. The van der Waals surface area contributed by atoms with Crippen molar-refractivity contribution >= 4 is 29.5 Å². The fraction of sp³-hybridized carbons (Fsp3) is 0.609. The normalized spacial score (nSPS) is 26.1. The molecule has 2 fully saturated rings. The molecule has 31 heavy (non-hydrogen) atoms. The van der Waals surface area contributed by atoms with Gasteiger partial charge in [0.25, 0.3) is 5.91 Å². The molecule has 3 aliphatic rings. The average Bonchev–Trinajstić information content (AvgIpc) is 3.15. The zero-order valence-electron chi connectivity index (χ0n) is 18.9. The zero-order valence-corrected chi connectivity index (χ0v) is 19.7. The molecular formula is C23H32N4O3S. The number of rotatable bonds is 4. The Labute approximate surface area is 188 Å². The van der Waals surface area contributed by atoms with E-state index in [1.54, 1.807) is 16.7 Å². The lowest BCUT2D eigenvalue weighted by atomic mass is 9.97. The van der Waals surface area contributed by atoms with Crippen LogP contribution in [0.3, 0.4) is 0 Å². The summed E-state index contributed by atoms with van der Waals surface area (Å²) in [6, 6.07) is 6.34. The van der Waals surface area contributed by atoms with Crippen molar-refractivity contribution in [2.24, 2.45) is 5.92 Å². The first-order valence-electron chi connectivity index (χ1n) is 11.0. The number of likely N-dealkylation sites (N-methyl/N-ethyl adjacent to an activating group) is 1. The van der Waals surface area contributed by atoms with E-state index in [9.17, 15) is 14.4 Å². The third kappa shape index (κ3) is 3.84. The summed E-state index contributed by atoms with van der Waals surface area (Å²) in [5.41, 5.74) is 1.64. The smallest absolute Gasteiger partial charge is 0.256 e. The molecule has 3 heterocycles. The highest BCUT2D eigenvalue weighted by Crippen LogP contribution is 2.56. The van der Waals surface area contributed by atoms with E-state index in [0.717, 1.165) is 18.7 Å². The van der Waals surface area contributed by atoms with Crippen LogP contribution in [-0.4, -0.2) is 82.5 Å². The molecule has 7 nitrogen and oxygen atoms in total. The lowest BCUT2D eigenvalue weighted by Gasteiger charge is -2.37. The standard InChI is InChI=1S/C23H32N4O3S/c1-14(2)17(21(30)26-12-10-25(5)11-13-26)24-19(28)18-23(3,4)31-22-16-9-7-6-8-15(16)20(29)27(18)22/h6-9,14,17-18,22H,10-13H2,1-5H3,(H,24,28)/t17-,18+,22-/m0/s1. The number of piperazine rings is 1. The van der Waals surface area contributed by atoms with E-state index in [1.807, 2.05) is 63.9 Å². The fourth-order valence-electron chi connectivity index (χ4n) is 4.77.